The van der Waals surface area contributed by atoms with Crippen LogP contribution in [0.25, 0.3) is 0 Å². The maximum atomic E-state index is 12.4. The van der Waals surface area contributed by atoms with Crippen molar-refractivity contribution in [1.82, 2.24) is 15.4 Å². The quantitative estimate of drug-likeness (QED) is 0.732. The molecule has 0 aromatic carbocycles. The van der Waals surface area contributed by atoms with Crippen molar-refractivity contribution in [1.29, 1.82) is 0 Å². The lowest BCUT2D eigenvalue weighted by Gasteiger charge is -2.56. The van der Waals surface area contributed by atoms with Gasteiger partial charge in [-0.1, -0.05) is 0 Å². The summed E-state index contributed by atoms with van der Waals surface area (Å²) >= 11 is 3.27. The summed E-state index contributed by atoms with van der Waals surface area (Å²) in [6.45, 7) is -0.129. The van der Waals surface area contributed by atoms with Crippen LogP contribution in [0.5, 0.6) is 0 Å². The number of carbonyl (C=O) groups excluding carboxylic acids is 2. The van der Waals surface area contributed by atoms with Crippen LogP contribution >= 0.6 is 15.9 Å². The highest BCUT2D eigenvalue weighted by atomic mass is 79.9. The number of aromatic nitrogens is 1. The first-order chi connectivity index (χ1) is 12.4. The molecule has 7 heteroatoms. The zero-order valence-electron chi connectivity index (χ0n) is 14.7. The molecule has 4 fully saturated rings. The zero-order valence-corrected chi connectivity index (χ0v) is 16.3. The molecule has 0 unspecified atom stereocenters. The van der Waals surface area contributed by atoms with Crippen LogP contribution in [0.4, 0.5) is 0 Å². The van der Waals surface area contributed by atoms with Crippen LogP contribution < -0.4 is 16.4 Å². The van der Waals surface area contributed by atoms with Crippen molar-refractivity contribution in [3.63, 3.8) is 0 Å². The molecule has 4 aliphatic carbocycles. The molecule has 5 rings (SSSR count). The first-order valence-corrected chi connectivity index (χ1v) is 10.1. The molecule has 140 valence electrons. The number of pyridine rings is 1. The van der Waals surface area contributed by atoms with Gasteiger partial charge in [0.15, 0.2) is 0 Å². The van der Waals surface area contributed by atoms with E-state index >= 15 is 0 Å². The Hall–Kier alpha value is -1.63. The molecular weight excluding hydrogens is 398 g/mol. The minimum Gasteiger partial charge on any atom is -0.305 e. The Morgan fingerprint density at radius 1 is 1.04 bits per heavy atom. The van der Waals surface area contributed by atoms with Gasteiger partial charge in [0.1, 0.15) is 6.54 Å². The average molecular weight is 422 g/mol. The first kappa shape index (κ1) is 17.8. The van der Waals surface area contributed by atoms with Gasteiger partial charge in [-0.3, -0.25) is 25.2 Å². The Labute approximate surface area is 160 Å². The number of hydrazine groups is 1. The molecule has 2 amide bonds. The molecule has 26 heavy (non-hydrogen) atoms. The van der Waals surface area contributed by atoms with Gasteiger partial charge >= 0.3 is 0 Å². The van der Waals surface area contributed by atoms with Crippen molar-refractivity contribution in [2.24, 2.45) is 23.2 Å². The average Bonchev–Trinajstić information content (AvgIpc) is 2.55. The van der Waals surface area contributed by atoms with Gasteiger partial charge in [0.25, 0.3) is 11.5 Å². The zero-order chi connectivity index (χ0) is 18.3. The van der Waals surface area contributed by atoms with Gasteiger partial charge < -0.3 is 4.57 Å². The van der Waals surface area contributed by atoms with E-state index in [2.05, 4.69) is 26.8 Å². The molecule has 6 nitrogen and oxygen atoms in total. The smallest absolute Gasteiger partial charge is 0.258 e. The third-order valence-corrected chi connectivity index (χ3v) is 6.77. The lowest BCUT2D eigenvalue weighted by molar-refractivity contribution is -0.134. The van der Waals surface area contributed by atoms with Crippen molar-refractivity contribution in [2.45, 2.75) is 51.5 Å². The van der Waals surface area contributed by atoms with Crippen LogP contribution in [0.3, 0.4) is 0 Å². The third-order valence-electron chi connectivity index (χ3n) is 6.30. The van der Waals surface area contributed by atoms with Crippen LogP contribution in [0.15, 0.2) is 27.6 Å². The normalized spacial score (nSPS) is 31.7. The van der Waals surface area contributed by atoms with Crippen LogP contribution in [-0.4, -0.2) is 16.4 Å². The Balaban J connectivity index is 1.29. The van der Waals surface area contributed by atoms with Crippen molar-refractivity contribution >= 4 is 27.7 Å². The molecule has 1 heterocycles. The predicted molar refractivity (Wildman–Crippen MR) is 99.9 cm³/mol. The van der Waals surface area contributed by atoms with Crippen molar-refractivity contribution in [2.75, 3.05) is 0 Å². The van der Waals surface area contributed by atoms with E-state index in [9.17, 15) is 14.4 Å². The number of nitrogens with one attached hydrogen (secondary N) is 2. The fourth-order valence-corrected chi connectivity index (χ4v) is 6.23. The molecule has 1 aromatic heterocycles. The number of carbonyl (C=O) groups is 2. The number of amides is 2. The number of hydrogen-bond donors (Lipinski definition) is 2. The Morgan fingerprint density at radius 3 is 2.23 bits per heavy atom. The van der Waals surface area contributed by atoms with E-state index in [0.717, 1.165) is 41.5 Å². The van der Waals surface area contributed by atoms with Crippen molar-refractivity contribution < 1.29 is 9.59 Å². The topological polar surface area (TPSA) is 80.2 Å². The molecule has 0 saturated heterocycles. The van der Waals surface area contributed by atoms with Crippen LogP contribution in [-0.2, 0) is 16.1 Å². The lowest BCUT2D eigenvalue weighted by Crippen LogP contribution is -2.50. The van der Waals surface area contributed by atoms with Crippen LogP contribution in [0.2, 0.25) is 0 Å². The maximum absolute atomic E-state index is 12.4. The summed E-state index contributed by atoms with van der Waals surface area (Å²) in [5.41, 5.74) is 4.88. The van der Waals surface area contributed by atoms with Gasteiger partial charge in [-0.25, -0.2) is 0 Å². The highest BCUT2D eigenvalue weighted by molar-refractivity contribution is 9.10. The third kappa shape index (κ3) is 3.72. The van der Waals surface area contributed by atoms with Crippen molar-refractivity contribution in [3.8, 4) is 0 Å². The molecule has 4 aliphatic rings. The molecule has 0 radical (unpaired) electrons. The lowest BCUT2D eigenvalue weighted by atomic mass is 9.49. The molecule has 0 spiro atoms. The first-order valence-electron chi connectivity index (χ1n) is 9.34. The Morgan fingerprint density at radius 2 is 1.62 bits per heavy atom. The van der Waals surface area contributed by atoms with Crippen LogP contribution in [0, 0.1) is 23.2 Å². The van der Waals surface area contributed by atoms with E-state index in [-0.39, 0.29) is 23.4 Å². The fraction of sp³-hybridized carbons (Fsp3) is 0.632. The van der Waals surface area contributed by atoms with Gasteiger partial charge in [0.2, 0.25) is 5.91 Å². The summed E-state index contributed by atoms with van der Waals surface area (Å²) in [5, 5.41) is 0. The Kier molecular flexibility index (Phi) is 4.67. The molecule has 4 saturated carbocycles. The summed E-state index contributed by atoms with van der Waals surface area (Å²) in [4.78, 5) is 36.2. The second-order valence-corrected chi connectivity index (χ2v) is 9.42. The SMILES string of the molecule is O=C(Cn1cc(Br)ccc1=O)NNC(=O)CC12CC3CC(CC(C3)C1)C2. The molecule has 4 bridgehead atoms. The van der Waals surface area contributed by atoms with Gasteiger partial charge in [-0.2, -0.15) is 0 Å². The van der Waals surface area contributed by atoms with E-state index in [4.69, 9.17) is 0 Å². The largest absolute Gasteiger partial charge is 0.305 e. The summed E-state index contributed by atoms with van der Waals surface area (Å²) in [7, 11) is 0. The van der Waals surface area contributed by atoms with E-state index in [1.165, 1.54) is 29.9 Å². The maximum Gasteiger partial charge on any atom is 0.258 e. The summed E-state index contributed by atoms with van der Waals surface area (Å²) in [6, 6.07) is 3.02. The summed E-state index contributed by atoms with van der Waals surface area (Å²) in [5.74, 6) is 1.86. The molecular formula is C19H24BrN3O3. The number of nitrogens with zero attached hydrogens (tertiary/aromatic N) is 1. The van der Waals surface area contributed by atoms with Gasteiger partial charge in [0, 0.05) is 23.2 Å². The van der Waals surface area contributed by atoms with Crippen molar-refractivity contribution in [3.05, 3.63) is 33.2 Å². The second-order valence-electron chi connectivity index (χ2n) is 8.50. The summed E-state index contributed by atoms with van der Waals surface area (Å²) in [6.07, 6.45) is 9.57. The monoisotopic (exact) mass is 421 g/mol. The highest BCUT2D eigenvalue weighted by Gasteiger charge is 2.51. The van der Waals surface area contributed by atoms with Gasteiger partial charge in [-0.05, 0) is 83.7 Å². The molecule has 0 atom stereocenters. The number of halogens is 1. The molecule has 0 aliphatic heterocycles. The van der Waals surface area contributed by atoms with Gasteiger partial charge in [0.05, 0.1) is 0 Å². The number of rotatable bonds is 4. The van der Waals surface area contributed by atoms with E-state index < -0.39 is 5.91 Å². The summed E-state index contributed by atoms with van der Waals surface area (Å²) < 4.78 is 2.01. The fourth-order valence-electron chi connectivity index (χ4n) is 5.85. The molecule has 2 N–H and O–H groups in total. The van der Waals surface area contributed by atoms with E-state index in [1.807, 2.05) is 0 Å². The van der Waals surface area contributed by atoms with E-state index in [0.29, 0.717) is 6.42 Å². The minimum atomic E-state index is -0.413. The van der Waals surface area contributed by atoms with Crippen LogP contribution in [0.1, 0.15) is 44.9 Å². The minimum absolute atomic E-state index is 0.123. The second kappa shape index (κ2) is 6.83. The standard InChI is InChI=1S/C19H24BrN3O3/c20-15-1-2-18(26)23(10-15)11-17(25)22-21-16(24)9-19-6-12-3-13(7-19)5-14(4-12)8-19/h1-2,10,12-14H,3-9,11H2,(H,21,24)(H,22,25). The predicted octanol–water partition coefficient (Wildman–Crippen LogP) is 2.36. The molecule has 1 aromatic rings. The van der Waals surface area contributed by atoms with Gasteiger partial charge in [-0.15, -0.1) is 0 Å². The van der Waals surface area contributed by atoms with E-state index in [1.54, 1.807) is 12.3 Å². The highest BCUT2D eigenvalue weighted by Crippen LogP contribution is 2.61. The Bertz CT molecular complexity index is 753. The number of hydrogen-bond acceptors (Lipinski definition) is 3.